The van der Waals surface area contributed by atoms with Crippen molar-refractivity contribution in [1.82, 2.24) is 10.2 Å². The standard InChI is InChI=1S/C39H43ClN2O5/c1-26-36(24-42-21-19-39(45,20-22-42)33-15-17-34(40)18-16-33)46-38(47-37(26)30-9-7-28(25-43)8-10-30)31-13-11-29(12-14-31)35-6-4-3-5-32(35)23-41-27(2)44/h3-18,26,36-38,43,45H,19-25H2,1-2H3,(H,41,44)/t26-,36+,37+,38+/m1/s1. The second kappa shape index (κ2) is 14.7. The van der Waals surface area contributed by atoms with E-state index in [1.807, 2.05) is 66.7 Å². The van der Waals surface area contributed by atoms with Gasteiger partial charge < -0.3 is 29.9 Å². The molecule has 0 unspecified atom stereocenters. The van der Waals surface area contributed by atoms with Crippen molar-refractivity contribution >= 4 is 17.5 Å². The van der Waals surface area contributed by atoms with E-state index < -0.39 is 11.9 Å². The molecule has 2 aliphatic heterocycles. The highest BCUT2D eigenvalue weighted by Gasteiger charge is 2.41. The number of hydrogen-bond acceptors (Lipinski definition) is 6. The minimum absolute atomic E-state index is 0.00661. The fourth-order valence-electron chi connectivity index (χ4n) is 6.73. The maximum absolute atomic E-state index is 11.6. The van der Waals surface area contributed by atoms with E-state index >= 15 is 0 Å². The zero-order valence-electron chi connectivity index (χ0n) is 26.9. The molecule has 0 radical (unpaired) electrons. The maximum atomic E-state index is 11.6. The van der Waals surface area contributed by atoms with Crippen molar-refractivity contribution < 1.29 is 24.5 Å². The van der Waals surface area contributed by atoms with Crippen LogP contribution < -0.4 is 5.32 Å². The number of rotatable bonds is 9. The average Bonchev–Trinajstić information content (AvgIpc) is 3.10. The highest BCUT2D eigenvalue weighted by atomic mass is 35.5. The van der Waals surface area contributed by atoms with Gasteiger partial charge in [-0.2, -0.15) is 0 Å². The first-order chi connectivity index (χ1) is 22.7. The fraction of sp³-hybridized carbons (Fsp3) is 0.359. The van der Waals surface area contributed by atoms with Crippen molar-refractivity contribution in [3.05, 3.63) is 130 Å². The first-order valence-corrected chi connectivity index (χ1v) is 16.7. The number of carbonyl (C=O) groups excluding carboxylic acids is 1. The Bertz CT molecular complexity index is 1640. The van der Waals surface area contributed by atoms with Gasteiger partial charge in [0.05, 0.1) is 24.4 Å². The highest BCUT2D eigenvalue weighted by molar-refractivity contribution is 6.30. The van der Waals surface area contributed by atoms with Crippen LogP contribution in [0.2, 0.25) is 5.02 Å². The Morgan fingerprint density at radius 3 is 2.23 bits per heavy atom. The summed E-state index contributed by atoms with van der Waals surface area (Å²) >= 11 is 6.09. The zero-order chi connectivity index (χ0) is 33.0. The van der Waals surface area contributed by atoms with E-state index in [1.54, 1.807) is 0 Å². The van der Waals surface area contributed by atoms with E-state index in [1.165, 1.54) is 6.92 Å². The molecule has 2 saturated heterocycles. The molecule has 3 N–H and O–H groups in total. The van der Waals surface area contributed by atoms with Crippen molar-refractivity contribution in [3.8, 4) is 11.1 Å². The molecule has 6 rings (SSSR count). The molecule has 0 bridgehead atoms. The molecular formula is C39H43ClN2O5. The lowest BCUT2D eigenvalue weighted by Gasteiger charge is -2.45. The van der Waals surface area contributed by atoms with E-state index in [0.29, 0.717) is 24.4 Å². The predicted molar refractivity (Wildman–Crippen MR) is 183 cm³/mol. The minimum atomic E-state index is -0.870. The van der Waals surface area contributed by atoms with E-state index in [-0.39, 0.29) is 30.6 Å². The van der Waals surface area contributed by atoms with Crippen LogP contribution in [0, 0.1) is 5.92 Å². The van der Waals surface area contributed by atoms with Crippen molar-refractivity contribution in [2.24, 2.45) is 5.92 Å². The van der Waals surface area contributed by atoms with Gasteiger partial charge in [0.1, 0.15) is 0 Å². The van der Waals surface area contributed by atoms with Gasteiger partial charge in [0.15, 0.2) is 6.29 Å². The Balaban J connectivity index is 1.21. The van der Waals surface area contributed by atoms with Gasteiger partial charge in [-0.05, 0) is 58.4 Å². The molecular weight excluding hydrogens is 612 g/mol. The number of hydrogen-bond donors (Lipinski definition) is 3. The van der Waals surface area contributed by atoms with E-state index in [4.69, 9.17) is 21.1 Å². The summed E-state index contributed by atoms with van der Waals surface area (Å²) in [6.07, 6.45) is 0.369. The molecule has 4 atom stereocenters. The highest BCUT2D eigenvalue weighted by Crippen LogP contribution is 2.43. The summed E-state index contributed by atoms with van der Waals surface area (Å²) < 4.78 is 13.4. The molecule has 246 valence electrons. The van der Waals surface area contributed by atoms with Gasteiger partial charge in [-0.15, -0.1) is 0 Å². The maximum Gasteiger partial charge on any atom is 0.217 e. The second-order valence-corrected chi connectivity index (χ2v) is 13.3. The number of halogens is 1. The van der Waals surface area contributed by atoms with Crippen LogP contribution in [-0.2, 0) is 33.0 Å². The normalized spacial score (nSPS) is 22.9. The number of ether oxygens (including phenoxy) is 2. The number of likely N-dealkylation sites (tertiary alicyclic amines) is 1. The zero-order valence-corrected chi connectivity index (χ0v) is 27.7. The molecule has 4 aromatic rings. The number of aliphatic hydroxyl groups excluding tert-OH is 1. The third-order valence-corrected chi connectivity index (χ3v) is 9.92. The predicted octanol–water partition coefficient (Wildman–Crippen LogP) is 6.91. The number of carbonyl (C=O) groups is 1. The number of nitrogens with zero attached hydrogens (tertiary/aromatic N) is 1. The van der Waals surface area contributed by atoms with Gasteiger partial charge in [-0.1, -0.05) is 103 Å². The van der Waals surface area contributed by atoms with Gasteiger partial charge >= 0.3 is 0 Å². The molecule has 2 fully saturated rings. The molecule has 0 spiro atoms. The second-order valence-electron chi connectivity index (χ2n) is 12.8. The molecule has 2 heterocycles. The van der Waals surface area contributed by atoms with Crippen molar-refractivity contribution in [3.63, 3.8) is 0 Å². The number of benzene rings is 4. The Hall–Kier alpha value is -3.56. The van der Waals surface area contributed by atoms with Crippen molar-refractivity contribution in [2.45, 2.75) is 63.9 Å². The summed E-state index contributed by atoms with van der Waals surface area (Å²) in [6.45, 7) is 6.38. The summed E-state index contributed by atoms with van der Waals surface area (Å²) in [7, 11) is 0. The summed E-state index contributed by atoms with van der Waals surface area (Å²) in [5.41, 5.74) is 6.03. The first-order valence-electron chi connectivity index (χ1n) is 16.4. The quantitative estimate of drug-likeness (QED) is 0.182. The van der Waals surface area contributed by atoms with Crippen LogP contribution in [0.4, 0.5) is 0 Å². The summed E-state index contributed by atoms with van der Waals surface area (Å²) in [5, 5.41) is 24.6. The smallest absolute Gasteiger partial charge is 0.217 e. The molecule has 0 aliphatic carbocycles. The van der Waals surface area contributed by atoms with Gasteiger partial charge in [-0.3, -0.25) is 4.79 Å². The number of piperidine rings is 1. The van der Waals surface area contributed by atoms with Crippen LogP contribution >= 0.6 is 11.6 Å². The van der Waals surface area contributed by atoms with Crippen molar-refractivity contribution in [2.75, 3.05) is 19.6 Å². The number of aliphatic hydroxyl groups is 2. The average molecular weight is 655 g/mol. The molecule has 2 aliphatic rings. The molecule has 0 aromatic heterocycles. The van der Waals surface area contributed by atoms with Crippen LogP contribution in [0.25, 0.3) is 11.1 Å². The Kier molecular flexibility index (Phi) is 10.4. The van der Waals surface area contributed by atoms with Gasteiger partial charge in [0.2, 0.25) is 5.91 Å². The van der Waals surface area contributed by atoms with Crippen LogP contribution in [0.5, 0.6) is 0 Å². The van der Waals surface area contributed by atoms with Gasteiger partial charge in [0.25, 0.3) is 0 Å². The number of nitrogens with one attached hydrogen (secondary N) is 1. The van der Waals surface area contributed by atoms with Crippen LogP contribution in [0.1, 0.15) is 66.9 Å². The molecule has 8 heteroatoms. The molecule has 4 aromatic carbocycles. The third-order valence-electron chi connectivity index (χ3n) is 9.67. The van der Waals surface area contributed by atoms with Gasteiger partial charge in [-0.25, -0.2) is 0 Å². The SMILES string of the molecule is CC(=O)NCc1ccccc1-c1ccc([C@H]2O[C@@H](CN3CCC(O)(c4ccc(Cl)cc4)CC3)[C@@H](C)[C@@H](c3ccc(CO)cc3)O2)cc1. The monoisotopic (exact) mass is 654 g/mol. The van der Waals surface area contributed by atoms with E-state index in [0.717, 1.165) is 58.6 Å². The molecule has 0 saturated carbocycles. The summed E-state index contributed by atoms with van der Waals surface area (Å²) in [6, 6.07) is 31.8. The largest absolute Gasteiger partial charge is 0.392 e. The first kappa shape index (κ1) is 33.3. The van der Waals surface area contributed by atoms with Crippen LogP contribution in [0.3, 0.4) is 0 Å². The lowest BCUT2D eigenvalue weighted by molar-refractivity contribution is -0.277. The lowest BCUT2D eigenvalue weighted by Crippen LogP contribution is -2.49. The van der Waals surface area contributed by atoms with Crippen LogP contribution in [-0.4, -0.2) is 46.8 Å². The Morgan fingerprint density at radius 1 is 0.915 bits per heavy atom. The summed E-state index contributed by atoms with van der Waals surface area (Å²) in [5.74, 6) is -0.00360. The molecule has 47 heavy (non-hydrogen) atoms. The Labute approximate surface area is 282 Å². The topological polar surface area (TPSA) is 91.3 Å². The van der Waals surface area contributed by atoms with E-state index in [2.05, 4.69) is 47.5 Å². The number of amides is 1. The lowest BCUT2D eigenvalue weighted by atomic mass is 9.84. The molecule has 7 nitrogen and oxygen atoms in total. The third kappa shape index (κ3) is 7.78. The van der Waals surface area contributed by atoms with Crippen LogP contribution in [0.15, 0.2) is 97.1 Å². The van der Waals surface area contributed by atoms with Gasteiger partial charge in [0, 0.05) is 49.6 Å². The molecule has 1 amide bonds. The summed E-state index contributed by atoms with van der Waals surface area (Å²) in [4.78, 5) is 13.9. The Morgan fingerprint density at radius 2 is 1.57 bits per heavy atom. The fourth-order valence-corrected chi connectivity index (χ4v) is 6.86. The van der Waals surface area contributed by atoms with Crippen molar-refractivity contribution in [1.29, 1.82) is 0 Å². The minimum Gasteiger partial charge on any atom is -0.392 e. The van der Waals surface area contributed by atoms with E-state index in [9.17, 15) is 15.0 Å².